The number of carbonyl (C=O) groups is 1. The number of carbonyl (C=O) groups excluding carboxylic acids is 1. The zero-order valence-corrected chi connectivity index (χ0v) is 18.8. The van der Waals surface area contributed by atoms with E-state index in [0.29, 0.717) is 6.54 Å². The molecule has 1 aliphatic heterocycles. The Morgan fingerprint density at radius 1 is 1.18 bits per heavy atom. The van der Waals surface area contributed by atoms with Crippen molar-refractivity contribution in [3.8, 4) is 0 Å². The fraction of sp³-hybridized carbons (Fsp3) is 0.368. The highest BCUT2D eigenvalue weighted by Gasteiger charge is 2.20. The highest BCUT2D eigenvalue weighted by atomic mass is 127. The van der Waals surface area contributed by atoms with E-state index in [2.05, 4.69) is 31.5 Å². The molecule has 3 rings (SSSR count). The number of hydrogen-bond acceptors (Lipinski definition) is 4. The number of furan rings is 1. The summed E-state index contributed by atoms with van der Waals surface area (Å²) < 4.78 is 5.20. The predicted octanol–water partition coefficient (Wildman–Crippen LogP) is 2.56. The molecule has 7 nitrogen and oxygen atoms in total. The van der Waals surface area contributed by atoms with Gasteiger partial charge in [-0.3, -0.25) is 9.79 Å². The zero-order valence-electron chi connectivity index (χ0n) is 15.7. The van der Waals surface area contributed by atoms with Gasteiger partial charge in [0.15, 0.2) is 5.96 Å². The first-order valence-corrected chi connectivity index (χ1v) is 9.28. The molecule has 0 radical (unpaired) electrons. The average molecular weight is 518 g/mol. The summed E-state index contributed by atoms with van der Waals surface area (Å²) in [6, 6.07) is 11.5. The third kappa shape index (κ3) is 6.30. The van der Waals surface area contributed by atoms with Crippen molar-refractivity contribution >= 4 is 53.1 Å². The van der Waals surface area contributed by atoms with Gasteiger partial charge in [-0.1, -0.05) is 17.7 Å². The average Bonchev–Trinajstić information content (AvgIpc) is 3.21. The molecular formula is C19H25ClIN5O2. The Hall–Kier alpha value is -1.94. The summed E-state index contributed by atoms with van der Waals surface area (Å²) in [7, 11) is 1.73. The number of amides is 1. The number of hydrogen-bond donors (Lipinski definition) is 2. The van der Waals surface area contributed by atoms with E-state index in [1.807, 2.05) is 24.3 Å². The van der Waals surface area contributed by atoms with Crippen LogP contribution in [0.5, 0.6) is 0 Å². The number of rotatable bonds is 5. The van der Waals surface area contributed by atoms with Gasteiger partial charge in [0.2, 0.25) is 5.91 Å². The van der Waals surface area contributed by atoms with Gasteiger partial charge in [0.25, 0.3) is 0 Å². The van der Waals surface area contributed by atoms with Crippen LogP contribution in [0.2, 0.25) is 5.02 Å². The fourth-order valence-electron chi connectivity index (χ4n) is 3.00. The van der Waals surface area contributed by atoms with Gasteiger partial charge in [-0.15, -0.1) is 24.0 Å². The van der Waals surface area contributed by atoms with Gasteiger partial charge in [-0.2, -0.15) is 0 Å². The highest BCUT2D eigenvalue weighted by molar-refractivity contribution is 14.0. The Bertz CT molecular complexity index is 776. The zero-order chi connectivity index (χ0) is 19.1. The van der Waals surface area contributed by atoms with E-state index in [1.54, 1.807) is 19.4 Å². The lowest BCUT2D eigenvalue weighted by atomic mass is 10.2. The van der Waals surface area contributed by atoms with Crippen LogP contribution < -0.4 is 15.5 Å². The number of anilines is 1. The standard InChI is InChI=1S/C19H24ClN5O2.HI/c1-21-19(23-14-18(26)22-13-17-6-3-11-27-17)25-9-7-24(8-10-25)16-5-2-4-15(20)12-16;/h2-6,11-12H,7-10,13-14H2,1H3,(H,21,23)(H,22,26);1H. The molecule has 0 spiro atoms. The van der Waals surface area contributed by atoms with Crippen LogP contribution in [-0.2, 0) is 11.3 Å². The van der Waals surface area contributed by atoms with Crippen LogP contribution in [0, 0.1) is 0 Å². The summed E-state index contributed by atoms with van der Waals surface area (Å²) in [5.41, 5.74) is 1.13. The van der Waals surface area contributed by atoms with Crippen molar-refractivity contribution in [1.82, 2.24) is 15.5 Å². The van der Waals surface area contributed by atoms with Gasteiger partial charge in [0, 0.05) is 43.9 Å². The number of guanidine groups is 1. The van der Waals surface area contributed by atoms with Crippen molar-refractivity contribution in [3.05, 3.63) is 53.4 Å². The molecule has 0 atom stereocenters. The monoisotopic (exact) mass is 517 g/mol. The minimum absolute atomic E-state index is 0. The SMILES string of the molecule is CN=C(NCC(=O)NCc1ccco1)N1CCN(c2cccc(Cl)c2)CC1.I. The van der Waals surface area contributed by atoms with Crippen molar-refractivity contribution in [2.75, 3.05) is 44.7 Å². The summed E-state index contributed by atoms with van der Waals surface area (Å²) in [4.78, 5) is 20.8. The van der Waals surface area contributed by atoms with E-state index < -0.39 is 0 Å². The van der Waals surface area contributed by atoms with Gasteiger partial charge in [0.05, 0.1) is 19.4 Å². The first-order chi connectivity index (χ1) is 13.2. The minimum Gasteiger partial charge on any atom is -0.467 e. The van der Waals surface area contributed by atoms with Gasteiger partial charge in [-0.05, 0) is 30.3 Å². The molecule has 1 aromatic heterocycles. The second-order valence-corrected chi connectivity index (χ2v) is 6.65. The van der Waals surface area contributed by atoms with Crippen LogP contribution >= 0.6 is 35.6 Å². The third-order valence-corrected chi connectivity index (χ3v) is 4.65. The summed E-state index contributed by atoms with van der Waals surface area (Å²) in [5.74, 6) is 1.35. The van der Waals surface area contributed by atoms with Gasteiger partial charge >= 0.3 is 0 Å². The van der Waals surface area contributed by atoms with Crippen molar-refractivity contribution < 1.29 is 9.21 Å². The normalized spacial score (nSPS) is 14.4. The summed E-state index contributed by atoms with van der Waals surface area (Å²) >= 11 is 6.08. The molecule has 2 N–H and O–H groups in total. The molecule has 1 aromatic carbocycles. The third-order valence-electron chi connectivity index (χ3n) is 4.41. The Labute approximate surface area is 187 Å². The summed E-state index contributed by atoms with van der Waals surface area (Å²) in [5, 5.41) is 6.68. The fourth-order valence-corrected chi connectivity index (χ4v) is 3.19. The number of nitrogens with zero attached hydrogens (tertiary/aromatic N) is 3. The molecule has 2 aromatic rings. The van der Waals surface area contributed by atoms with E-state index in [-0.39, 0.29) is 36.4 Å². The van der Waals surface area contributed by atoms with Crippen LogP contribution in [0.25, 0.3) is 0 Å². The van der Waals surface area contributed by atoms with Crippen molar-refractivity contribution in [1.29, 1.82) is 0 Å². The molecule has 1 saturated heterocycles. The molecule has 2 heterocycles. The maximum absolute atomic E-state index is 12.0. The molecule has 28 heavy (non-hydrogen) atoms. The van der Waals surface area contributed by atoms with E-state index in [0.717, 1.165) is 48.6 Å². The number of benzene rings is 1. The smallest absolute Gasteiger partial charge is 0.239 e. The molecule has 0 saturated carbocycles. The molecule has 0 bridgehead atoms. The van der Waals surface area contributed by atoms with Gasteiger partial charge < -0.3 is 24.9 Å². The number of piperazine rings is 1. The second kappa shape index (κ2) is 11.2. The molecule has 0 unspecified atom stereocenters. The van der Waals surface area contributed by atoms with Gasteiger partial charge in [-0.25, -0.2) is 0 Å². The molecular weight excluding hydrogens is 493 g/mol. The topological polar surface area (TPSA) is 73.1 Å². The lowest BCUT2D eigenvalue weighted by molar-refractivity contribution is -0.120. The van der Waals surface area contributed by atoms with E-state index in [9.17, 15) is 4.79 Å². The number of halogens is 2. The van der Waals surface area contributed by atoms with Crippen molar-refractivity contribution in [2.45, 2.75) is 6.54 Å². The van der Waals surface area contributed by atoms with E-state index in [4.69, 9.17) is 16.0 Å². The maximum Gasteiger partial charge on any atom is 0.239 e. The first-order valence-electron chi connectivity index (χ1n) is 8.91. The lowest BCUT2D eigenvalue weighted by Crippen LogP contribution is -2.53. The minimum atomic E-state index is -0.106. The highest BCUT2D eigenvalue weighted by Crippen LogP contribution is 2.20. The quantitative estimate of drug-likeness (QED) is 0.362. The molecule has 0 aliphatic carbocycles. The van der Waals surface area contributed by atoms with Crippen molar-refractivity contribution in [3.63, 3.8) is 0 Å². The van der Waals surface area contributed by atoms with Crippen LogP contribution in [0.15, 0.2) is 52.1 Å². The maximum atomic E-state index is 12.0. The van der Waals surface area contributed by atoms with Crippen LogP contribution in [0.3, 0.4) is 0 Å². The van der Waals surface area contributed by atoms with Crippen LogP contribution in [0.4, 0.5) is 5.69 Å². The Morgan fingerprint density at radius 3 is 2.61 bits per heavy atom. The largest absolute Gasteiger partial charge is 0.467 e. The number of nitrogens with one attached hydrogen (secondary N) is 2. The molecule has 1 fully saturated rings. The summed E-state index contributed by atoms with van der Waals surface area (Å²) in [6.07, 6.45) is 1.59. The molecule has 1 amide bonds. The molecule has 152 valence electrons. The lowest BCUT2D eigenvalue weighted by Gasteiger charge is -2.37. The van der Waals surface area contributed by atoms with E-state index in [1.165, 1.54) is 0 Å². The van der Waals surface area contributed by atoms with Crippen LogP contribution in [-0.4, -0.2) is 56.5 Å². The van der Waals surface area contributed by atoms with Crippen LogP contribution in [0.1, 0.15) is 5.76 Å². The predicted molar refractivity (Wildman–Crippen MR) is 123 cm³/mol. The second-order valence-electron chi connectivity index (χ2n) is 6.21. The summed E-state index contributed by atoms with van der Waals surface area (Å²) in [6.45, 7) is 3.92. The first kappa shape index (κ1) is 22.4. The molecule has 1 aliphatic rings. The van der Waals surface area contributed by atoms with E-state index >= 15 is 0 Å². The Kier molecular flexibility index (Phi) is 8.91. The Balaban J connectivity index is 0.00000280. The van der Waals surface area contributed by atoms with Crippen molar-refractivity contribution in [2.24, 2.45) is 4.99 Å². The van der Waals surface area contributed by atoms with Gasteiger partial charge in [0.1, 0.15) is 5.76 Å². The Morgan fingerprint density at radius 2 is 1.96 bits per heavy atom. The number of aliphatic imine (C=N–C) groups is 1. The molecule has 9 heteroatoms.